The van der Waals surface area contributed by atoms with E-state index in [2.05, 4.69) is 27.8 Å². The normalized spacial score (nSPS) is 10.6. The van der Waals surface area contributed by atoms with Crippen molar-refractivity contribution in [2.24, 2.45) is 0 Å². The minimum atomic E-state index is 0.493. The zero-order valence-electron chi connectivity index (χ0n) is 13.7. The van der Waals surface area contributed by atoms with E-state index in [4.69, 9.17) is 21.1 Å². The molecule has 0 atom stereocenters. The van der Waals surface area contributed by atoms with Crippen LogP contribution in [0.5, 0.6) is 11.5 Å². The topological polar surface area (TPSA) is 74.1 Å². The molecule has 126 valence electrons. The number of aromatic nitrogens is 4. The fraction of sp³-hybridized carbons (Fsp3) is 0.533. The first kappa shape index (κ1) is 17.3. The Bertz CT molecular complexity index is 632. The van der Waals surface area contributed by atoms with Crippen LogP contribution in [0.25, 0.3) is 0 Å². The lowest BCUT2D eigenvalue weighted by atomic mass is 10.2. The van der Waals surface area contributed by atoms with E-state index in [-0.39, 0.29) is 0 Å². The van der Waals surface area contributed by atoms with Crippen LogP contribution < -0.4 is 14.8 Å². The largest absolute Gasteiger partial charge is 0.490 e. The SMILES string of the molecule is CCCOc1cc(Cl)c(CNc2nnnn2CC)cc1OCC. The minimum Gasteiger partial charge on any atom is -0.490 e. The number of nitrogens with zero attached hydrogens (tertiary/aromatic N) is 4. The summed E-state index contributed by atoms with van der Waals surface area (Å²) in [7, 11) is 0. The third-order valence-electron chi connectivity index (χ3n) is 3.14. The highest BCUT2D eigenvalue weighted by molar-refractivity contribution is 6.31. The van der Waals surface area contributed by atoms with Gasteiger partial charge in [-0.05, 0) is 42.3 Å². The Labute approximate surface area is 140 Å². The lowest BCUT2D eigenvalue weighted by Crippen LogP contribution is -2.09. The molecule has 2 aromatic rings. The first-order valence-corrected chi connectivity index (χ1v) is 8.15. The molecular weight excluding hydrogens is 318 g/mol. The van der Waals surface area contributed by atoms with E-state index in [1.165, 1.54) is 0 Å². The number of ether oxygens (including phenoxy) is 2. The van der Waals surface area contributed by atoms with Crippen molar-refractivity contribution in [3.63, 3.8) is 0 Å². The van der Waals surface area contributed by atoms with E-state index in [1.807, 2.05) is 19.9 Å². The van der Waals surface area contributed by atoms with Crippen LogP contribution in [0.15, 0.2) is 12.1 Å². The summed E-state index contributed by atoms with van der Waals surface area (Å²) in [6.45, 7) is 8.33. The fourth-order valence-electron chi connectivity index (χ4n) is 2.02. The van der Waals surface area contributed by atoms with Crippen molar-refractivity contribution in [1.82, 2.24) is 20.2 Å². The summed E-state index contributed by atoms with van der Waals surface area (Å²) < 4.78 is 13.0. The van der Waals surface area contributed by atoms with E-state index in [0.29, 0.717) is 48.8 Å². The van der Waals surface area contributed by atoms with Crippen molar-refractivity contribution >= 4 is 17.5 Å². The first-order valence-electron chi connectivity index (χ1n) is 7.77. The second-order valence-corrected chi connectivity index (χ2v) is 5.25. The second kappa shape index (κ2) is 8.57. The Balaban J connectivity index is 2.16. The molecule has 0 saturated carbocycles. The Morgan fingerprint density at radius 3 is 2.65 bits per heavy atom. The lowest BCUT2D eigenvalue weighted by molar-refractivity contribution is 0.276. The zero-order chi connectivity index (χ0) is 16.7. The molecule has 1 heterocycles. The maximum atomic E-state index is 6.36. The highest BCUT2D eigenvalue weighted by atomic mass is 35.5. The molecule has 0 unspecified atom stereocenters. The number of hydrogen-bond donors (Lipinski definition) is 1. The number of nitrogens with one attached hydrogen (secondary N) is 1. The molecule has 0 radical (unpaired) electrons. The Kier molecular flexibility index (Phi) is 6.46. The molecule has 2 rings (SSSR count). The number of benzene rings is 1. The van der Waals surface area contributed by atoms with Crippen molar-refractivity contribution in [2.75, 3.05) is 18.5 Å². The Morgan fingerprint density at radius 2 is 1.96 bits per heavy atom. The molecule has 1 N–H and O–H groups in total. The molecule has 23 heavy (non-hydrogen) atoms. The monoisotopic (exact) mass is 339 g/mol. The second-order valence-electron chi connectivity index (χ2n) is 4.84. The summed E-state index contributed by atoms with van der Waals surface area (Å²) in [6, 6.07) is 3.69. The number of hydrogen-bond acceptors (Lipinski definition) is 6. The molecule has 8 heteroatoms. The van der Waals surface area contributed by atoms with Crippen molar-refractivity contribution in [3.05, 3.63) is 22.7 Å². The average molecular weight is 340 g/mol. The molecule has 0 spiro atoms. The number of aryl methyl sites for hydroxylation is 1. The van der Waals surface area contributed by atoms with Gasteiger partial charge in [-0.25, -0.2) is 4.68 Å². The van der Waals surface area contributed by atoms with Gasteiger partial charge in [0.05, 0.1) is 13.2 Å². The molecule has 1 aromatic carbocycles. The quantitative estimate of drug-likeness (QED) is 0.756. The van der Waals surface area contributed by atoms with Crippen LogP contribution >= 0.6 is 11.6 Å². The van der Waals surface area contributed by atoms with E-state index in [9.17, 15) is 0 Å². The Morgan fingerprint density at radius 1 is 1.17 bits per heavy atom. The maximum absolute atomic E-state index is 6.36. The van der Waals surface area contributed by atoms with Gasteiger partial charge in [0.1, 0.15) is 0 Å². The predicted octanol–water partition coefficient (Wildman–Crippen LogP) is 3.15. The molecular formula is C15H22ClN5O2. The minimum absolute atomic E-state index is 0.493. The van der Waals surface area contributed by atoms with Gasteiger partial charge in [-0.1, -0.05) is 23.6 Å². The molecule has 0 aliphatic carbocycles. The smallest absolute Gasteiger partial charge is 0.243 e. The van der Waals surface area contributed by atoms with Crippen molar-refractivity contribution in [1.29, 1.82) is 0 Å². The van der Waals surface area contributed by atoms with Crippen molar-refractivity contribution < 1.29 is 9.47 Å². The maximum Gasteiger partial charge on any atom is 0.243 e. The summed E-state index contributed by atoms with van der Waals surface area (Å²) >= 11 is 6.36. The van der Waals surface area contributed by atoms with Crippen LogP contribution in [0.4, 0.5) is 5.95 Å². The van der Waals surface area contributed by atoms with E-state index in [1.54, 1.807) is 10.7 Å². The molecule has 7 nitrogen and oxygen atoms in total. The van der Waals surface area contributed by atoms with Gasteiger partial charge in [0.15, 0.2) is 11.5 Å². The molecule has 0 fully saturated rings. The highest BCUT2D eigenvalue weighted by Crippen LogP contribution is 2.34. The van der Waals surface area contributed by atoms with Gasteiger partial charge in [0.2, 0.25) is 5.95 Å². The van der Waals surface area contributed by atoms with Gasteiger partial charge in [0, 0.05) is 24.2 Å². The third-order valence-corrected chi connectivity index (χ3v) is 3.49. The van der Waals surface area contributed by atoms with Crippen LogP contribution in [0.3, 0.4) is 0 Å². The van der Waals surface area contributed by atoms with Gasteiger partial charge in [-0.2, -0.15) is 0 Å². The van der Waals surface area contributed by atoms with Crippen LogP contribution in [-0.4, -0.2) is 33.4 Å². The summed E-state index contributed by atoms with van der Waals surface area (Å²) in [4.78, 5) is 0. The van der Waals surface area contributed by atoms with Crippen LogP contribution in [-0.2, 0) is 13.1 Å². The zero-order valence-corrected chi connectivity index (χ0v) is 14.4. The summed E-state index contributed by atoms with van der Waals surface area (Å²) in [5, 5.41) is 15.3. The van der Waals surface area contributed by atoms with Crippen molar-refractivity contribution in [3.8, 4) is 11.5 Å². The van der Waals surface area contributed by atoms with Gasteiger partial charge < -0.3 is 14.8 Å². The Hall–Kier alpha value is -2.02. The predicted molar refractivity (Wildman–Crippen MR) is 89.2 cm³/mol. The third kappa shape index (κ3) is 4.48. The number of halogens is 1. The fourth-order valence-corrected chi connectivity index (χ4v) is 2.24. The summed E-state index contributed by atoms with van der Waals surface area (Å²) in [5.74, 6) is 1.96. The molecule has 1 aromatic heterocycles. The summed E-state index contributed by atoms with van der Waals surface area (Å²) in [5.41, 5.74) is 0.893. The van der Waals surface area contributed by atoms with Crippen molar-refractivity contribution in [2.45, 2.75) is 40.3 Å². The standard InChI is InChI=1S/C15H22ClN5O2/c1-4-7-23-14-9-12(16)11(8-13(14)22-6-3)10-17-15-18-19-20-21(15)5-2/h8-9H,4-7,10H2,1-3H3,(H,17,18,20). The number of rotatable bonds is 9. The van der Waals surface area contributed by atoms with Gasteiger partial charge >= 0.3 is 0 Å². The van der Waals surface area contributed by atoms with Crippen LogP contribution in [0.2, 0.25) is 5.02 Å². The number of tetrazole rings is 1. The molecule has 0 aliphatic heterocycles. The lowest BCUT2D eigenvalue weighted by Gasteiger charge is -2.15. The molecule has 0 saturated heterocycles. The van der Waals surface area contributed by atoms with Crippen LogP contribution in [0.1, 0.15) is 32.8 Å². The van der Waals surface area contributed by atoms with Gasteiger partial charge in [-0.3, -0.25) is 0 Å². The van der Waals surface area contributed by atoms with Crippen LogP contribution in [0, 0.1) is 0 Å². The van der Waals surface area contributed by atoms with Gasteiger partial charge in [0.25, 0.3) is 0 Å². The summed E-state index contributed by atoms with van der Waals surface area (Å²) in [6.07, 6.45) is 0.923. The van der Waals surface area contributed by atoms with E-state index >= 15 is 0 Å². The molecule has 0 aliphatic rings. The highest BCUT2D eigenvalue weighted by Gasteiger charge is 2.12. The molecule has 0 bridgehead atoms. The van der Waals surface area contributed by atoms with E-state index < -0.39 is 0 Å². The first-order chi connectivity index (χ1) is 11.2. The number of anilines is 1. The van der Waals surface area contributed by atoms with E-state index in [0.717, 1.165) is 12.0 Å². The van der Waals surface area contributed by atoms with Gasteiger partial charge in [-0.15, -0.1) is 0 Å². The molecule has 0 amide bonds. The average Bonchev–Trinajstić information content (AvgIpc) is 3.01.